The van der Waals surface area contributed by atoms with E-state index < -0.39 is 14.5 Å². The summed E-state index contributed by atoms with van der Waals surface area (Å²) in [6, 6.07) is 0. The summed E-state index contributed by atoms with van der Waals surface area (Å²) >= 11 is -3.29. The Kier molecular flexibility index (Phi) is 57.5. The van der Waals surface area contributed by atoms with Gasteiger partial charge in [-0.2, -0.15) is 0 Å². The van der Waals surface area contributed by atoms with E-state index in [1.807, 2.05) is 0 Å². The fourth-order valence-electron chi connectivity index (χ4n) is 0. The first-order chi connectivity index (χ1) is 1.73. The topological polar surface area (TPSA) is 121 Å². The molecule has 51 valence electrons. The Hall–Kier alpha value is 0.679. The molecular weight excluding hydrogens is 223 g/mol. The van der Waals surface area contributed by atoms with E-state index >= 15 is 0 Å². The Balaban J connectivity index is -0.0000000150. The zero-order valence-corrected chi connectivity index (χ0v) is 5.67. The molecule has 5 nitrogen and oxygen atoms in total. The molecule has 0 aromatic heterocycles. The summed E-state index contributed by atoms with van der Waals surface area (Å²) in [4.78, 5) is 0. The van der Waals surface area contributed by atoms with Gasteiger partial charge in [-0.25, -0.2) is 0 Å². The third-order valence-corrected chi connectivity index (χ3v) is 0. The van der Waals surface area contributed by atoms with Crippen molar-refractivity contribution in [1.82, 2.24) is 0 Å². The quantitative estimate of drug-likeness (QED) is 0.423. The minimum atomic E-state index is -3.29. The summed E-state index contributed by atoms with van der Waals surface area (Å²) in [7, 11) is 0. The average molecular weight is 229 g/mol. The van der Waals surface area contributed by atoms with Gasteiger partial charge in [0.2, 0.25) is 0 Å². The van der Waals surface area contributed by atoms with Crippen LogP contribution in [-0.4, -0.2) is 33.8 Å². The second-order valence-corrected chi connectivity index (χ2v) is 1.20. The minimum absolute atomic E-state index is 0. The molecule has 0 amide bonds. The van der Waals surface area contributed by atoms with Crippen LogP contribution in [0.5, 0.6) is 0 Å². The van der Waals surface area contributed by atoms with Crippen LogP contribution in [-0.2, 0) is 20.9 Å². The largest absolute Gasteiger partial charge is 2.00 e. The molecule has 0 fully saturated rings. The zero-order chi connectivity index (χ0) is 3.58. The molecule has 0 heterocycles. The van der Waals surface area contributed by atoms with Crippen LogP contribution in [0.15, 0.2) is 0 Å². The standard InChI is InChI=1S/Cu.H2O3Se.2H2O/c;1-4(2)3;;/h;(H2,1,2,3);2*1H2/q+2;;;. The second kappa shape index (κ2) is 15.9. The molecule has 0 aliphatic carbocycles. The van der Waals surface area contributed by atoms with E-state index in [4.69, 9.17) is 12.2 Å². The van der Waals surface area contributed by atoms with Gasteiger partial charge in [0.15, 0.2) is 0 Å². The molecule has 0 aliphatic heterocycles. The first-order valence-electron chi connectivity index (χ1n) is 0.532. The average Bonchev–Trinajstić information content (AvgIpc) is 0.811. The van der Waals surface area contributed by atoms with E-state index in [0.717, 1.165) is 0 Å². The molecule has 0 bridgehead atoms. The normalized spacial score (nSPS) is 5.00. The summed E-state index contributed by atoms with van der Waals surface area (Å²) in [6.45, 7) is 0. The van der Waals surface area contributed by atoms with Gasteiger partial charge in [0.25, 0.3) is 0 Å². The maximum atomic E-state index is 8.76. The van der Waals surface area contributed by atoms with E-state index in [0.29, 0.717) is 0 Å². The van der Waals surface area contributed by atoms with E-state index in [2.05, 4.69) is 0 Å². The summed E-state index contributed by atoms with van der Waals surface area (Å²) in [5, 5.41) is 0. The van der Waals surface area contributed by atoms with Crippen molar-refractivity contribution in [2.75, 3.05) is 0 Å². The van der Waals surface area contributed by atoms with Crippen molar-refractivity contribution < 1.29 is 40.2 Å². The number of rotatable bonds is 0. The van der Waals surface area contributed by atoms with E-state index in [9.17, 15) is 0 Å². The fourth-order valence-corrected chi connectivity index (χ4v) is 0. The molecule has 0 atom stereocenters. The van der Waals surface area contributed by atoms with Gasteiger partial charge in [-0.15, -0.1) is 0 Å². The first-order valence-corrected chi connectivity index (χ1v) is 2.76. The van der Waals surface area contributed by atoms with E-state index in [1.165, 1.54) is 0 Å². The Bertz CT molecular complexity index is 31.1. The predicted octanol–water partition coefficient (Wildman–Crippen LogP) is -3.27. The van der Waals surface area contributed by atoms with E-state index in [-0.39, 0.29) is 28.0 Å². The maximum Gasteiger partial charge on any atom is 2.00 e. The van der Waals surface area contributed by atoms with Gasteiger partial charge in [0.05, 0.1) is 0 Å². The molecule has 0 rings (SSSR count). The second-order valence-electron chi connectivity index (χ2n) is 0.231. The first kappa shape index (κ1) is 25.3. The Morgan fingerprint density at radius 1 is 1.14 bits per heavy atom. The summed E-state index contributed by atoms with van der Waals surface area (Å²) < 4.78 is 23.1. The van der Waals surface area contributed by atoms with Crippen molar-refractivity contribution in [1.29, 1.82) is 0 Å². The Morgan fingerprint density at radius 3 is 1.14 bits per heavy atom. The van der Waals surface area contributed by atoms with Crippen molar-refractivity contribution in [2.45, 2.75) is 0 Å². The fraction of sp³-hybridized carbons (Fsp3) is 0. The van der Waals surface area contributed by atoms with Gasteiger partial charge in [-0.3, -0.25) is 0 Å². The molecule has 0 spiro atoms. The van der Waals surface area contributed by atoms with Crippen LogP contribution in [0.2, 0.25) is 0 Å². The molecule has 0 saturated heterocycles. The third-order valence-electron chi connectivity index (χ3n) is 0. The van der Waals surface area contributed by atoms with Crippen molar-refractivity contribution in [3.05, 3.63) is 0 Å². The number of hydrogen-bond acceptors (Lipinski definition) is 1. The monoisotopic (exact) mass is 229 g/mol. The summed E-state index contributed by atoms with van der Waals surface area (Å²) in [5.41, 5.74) is 0. The van der Waals surface area contributed by atoms with Gasteiger partial charge in [-0.1, -0.05) is 0 Å². The van der Waals surface area contributed by atoms with Gasteiger partial charge >= 0.3 is 43.8 Å². The van der Waals surface area contributed by atoms with Gasteiger partial charge in [0, 0.05) is 0 Å². The van der Waals surface area contributed by atoms with Crippen LogP contribution < -0.4 is 0 Å². The van der Waals surface area contributed by atoms with Gasteiger partial charge < -0.3 is 11.0 Å². The van der Waals surface area contributed by atoms with Crippen LogP contribution in [0.25, 0.3) is 0 Å². The predicted molar refractivity (Wildman–Crippen MR) is 18.1 cm³/mol. The third kappa shape index (κ3) is 317. The zero-order valence-electron chi connectivity index (χ0n) is 3.01. The van der Waals surface area contributed by atoms with Crippen LogP contribution in [0.3, 0.4) is 0 Å². The van der Waals surface area contributed by atoms with Crippen LogP contribution in [0.1, 0.15) is 0 Å². The molecule has 0 unspecified atom stereocenters. The summed E-state index contributed by atoms with van der Waals surface area (Å²) in [5.74, 6) is 0. The Morgan fingerprint density at radius 2 is 1.14 bits per heavy atom. The van der Waals surface area contributed by atoms with Crippen molar-refractivity contribution >= 4 is 14.5 Å². The Labute approximate surface area is 55.2 Å². The smallest absolute Gasteiger partial charge is 2.00 e. The van der Waals surface area contributed by atoms with Crippen molar-refractivity contribution in [3.63, 3.8) is 0 Å². The number of hydrogen-bond donors (Lipinski definition) is 2. The van der Waals surface area contributed by atoms with Crippen LogP contribution >= 0.6 is 0 Å². The van der Waals surface area contributed by atoms with Crippen molar-refractivity contribution in [3.8, 4) is 0 Å². The molecular formula is H6CuO5Se+2. The molecule has 0 aromatic carbocycles. The van der Waals surface area contributed by atoms with Crippen molar-refractivity contribution in [2.24, 2.45) is 0 Å². The molecule has 6 N–H and O–H groups in total. The van der Waals surface area contributed by atoms with Gasteiger partial charge in [0.1, 0.15) is 0 Å². The SMILES string of the molecule is O.O.O=[Se](O)O.[Cu+2]. The molecule has 1 radical (unpaired) electrons. The van der Waals surface area contributed by atoms with Crippen LogP contribution in [0, 0.1) is 0 Å². The molecule has 0 aliphatic rings. The molecule has 7 heavy (non-hydrogen) atoms. The van der Waals surface area contributed by atoms with Crippen LogP contribution in [0.4, 0.5) is 0 Å². The van der Waals surface area contributed by atoms with E-state index in [1.54, 1.807) is 0 Å². The maximum absolute atomic E-state index is 8.76. The minimum Gasteiger partial charge on any atom is 2.00 e. The molecule has 0 saturated carbocycles. The molecule has 7 heteroatoms. The molecule has 0 aromatic rings. The van der Waals surface area contributed by atoms with Gasteiger partial charge in [-0.05, 0) is 0 Å². The summed E-state index contributed by atoms with van der Waals surface area (Å²) in [6.07, 6.45) is 0.